The first-order valence-corrected chi connectivity index (χ1v) is 7.91. The van der Waals surface area contributed by atoms with Crippen LogP contribution >= 0.6 is 21.6 Å². The number of aromatic hydroxyl groups is 1. The summed E-state index contributed by atoms with van der Waals surface area (Å²) in [4.78, 5) is 12.0. The first kappa shape index (κ1) is 13.2. The van der Waals surface area contributed by atoms with Gasteiger partial charge in [0.25, 0.3) is 0 Å². The van der Waals surface area contributed by atoms with Crippen LogP contribution in [0.3, 0.4) is 0 Å². The van der Waals surface area contributed by atoms with Gasteiger partial charge in [-0.25, -0.2) is 4.79 Å². The standard InChI is InChI=1S/C14H10O4S2/c1-17-14(16)20-19-11-7-3-5-9-8-4-2-6-10(15)12(8)18-13(9)11/h2-7,15H,1H3. The van der Waals surface area contributed by atoms with Gasteiger partial charge in [-0.1, -0.05) is 24.3 Å². The number of furan rings is 1. The number of fused-ring (bicyclic) bond motifs is 3. The van der Waals surface area contributed by atoms with E-state index in [1.165, 1.54) is 17.9 Å². The largest absolute Gasteiger partial charge is 0.504 e. The number of carbonyl (C=O) groups excluding carboxylic acids is 1. The molecule has 6 heteroatoms. The third kappa shape index (κ3) is 2.21. The fourth-order valence-corrected chi connectivity index (χ4v) is 3.62. The summed E-state index contributed by atoms with van der Waals surface area (Å²) >= 11 is 0. The average molecular weight is 306 g/mol. The minimum Gasteiger partial charge on any atom is -0.504 e. The molecular weight excluding hydrogens is 296 g/mol. The van der Waals surface area contributed by atoms with Gasteiger partial charge < -0.3 is 14.3 Å². The molecule has 0 spiro atoms. The molecule has 0 unspecified atom stereocenters. The SMILES string of the molecule is COC(=O)SSc1cccc2c1oc1c(O)cccc12. The Morgan fingerprint density at radius 3 is 2.60 bits per heavy atom. The second kappa shape index (κ2) is 5.30. The van der Waals surface area contributed by atoms with Gasteiger partial charge in [-0.3, -0.25) is 0 Å². The van der Waals surface area contributed by atoms with Crippen molar-refractivity contribution in [3.05, 3.63) is 36.4 Å². The van der Waals surface area contributed by atoms with Crippen LogP contribution in [0.5, 0.6) is 5.75 Å². The topological polar surface area (TPSA) is 59.7 Å². The summed E-state index contributed by atoms with van der Waals surface area (Å²) in [5.74, 6) is 0.107. The van der Waals surface area contributed by atoms with Gasteiger partial charge in [0.2, 0.25) is 0 Å². The van der Waals surface area contributed by atoms with Crippen LogP contribution in [0, 0.1) is 0 Å². The zero-order valence-electron chi connectivity index (χ0n) is 10.5. The van der Waals surface area contributed by atoms with E-state index >= 15 is 0 Å². The Kier molecular flexibility index (Phi) is 3.50. The van der Waals surface area contributed by atoms with Crippen molar-refractivity contribution in [1.29, 1.82) is 0 Å². The lowest BCUT2D eigenvalue weighted by molar-refractivity contribution is 0.200. The lowest BCUT2D eigenvalue weighted by Crippen LogP contribution is -1.86. The summed E-state index contributed by atoms with van der Waals surface area (Å²) in [5.41, 5.74) is 1.11. The molecule has 0 saturated heterocycles. The van der Waals surface area contributed by atoms with Gasteiger partial charge in [0.1, 0.15) is 5.58 Å². The van der Waals surface area contributed by atoms with E-state index in [2.05, 4.69) is 4.74 Å². The van der Waals surface area contributed by atoms with Crippen molar-refractivity contribution in [3.8, 4) is 5.75 Å². The molecular formula is C14H10O4S2. The molecule has 1 aromatic heterocycles. The van der Waals surface area contributed by atoms with E-state index < -0.39 is 0 Å². The number of methoxy groups -OCH3 is 1. The summed E-state index contributed by atoms with van der Waals surface area (Å²) in [6, 6.07) is 10.9. The molecule has 102 valence electrons. The Hall–Kier alpha value is -1.79. The molecule has 0 aliphatic heterocycles. The van der Waals surface area contributed by atoms with Gasteiger partial charge in [-0.2, -0.15) is 0 Å². The number of hydrogen-bond acceptors (Lipinski definition) is 6. The van der Waals surface area contributed by atoms with Crippen molar-refractivity contribution >= 4 is 48.8 Å². The van der Waals surface area contributed by atoms with Crippen molar-refractivity contribution in [3.63, 3.8) is 0 Å². The zero-order valence-corrected chi connectivity index (χ0v) is 12.1. The highest BCUT2D eigenvalue weighted by molar-refractivity contribution is 8.82. The van der Waals surface area contributed by atoms with Crippen molar-refractivity contribution in [2.45, 2.75) is 4.90 Å². The summed E-state index contributed by atoms with van der Waals surface area (Å²) in [7, 11) is 3.60. The van der Waals surface area contributed by atoms with Crippen LogP contribution in [0.1, 0.15) is 0 Å². The van der Waals surface area contributed by atoms with Gasteiger partial charge in [0, 0.05) is 21.6 Å². The molecule has 3 rings (SSSR count). The molecule has 2 aromatic carbocycles. The van der Waals surface area contributed by atoms with Crippen LogP contribution in [0.15, 0.2) is 45.7 Å². The second-order valence-electron chi connectivity index (χ2n) is 4.01. The molecule has 0 fully saturated rings. The fraction of sp³-hybridized carbons (Fsp3) is 0.0714. The van der Waals surface area contributed by atoms with E-state index in [0.717, 1.165) is 26.5 Å². The lowest BCUT2D eigenvalue weighted by atomic mass is 10.1. The number of ether oxygens (including phenoxy) is 1. The minimum atomic E-state index is -0.369. The number of hydrogen-bond donors (Lipinski definition) is 1. The molecule has 0 atom stereocenters. The van der Waals surface area contributed by atoms with Crippen LogP contribution in [-0.2, 0) is 4.74 Å². The number of benzene rings is 2. The molecule has 0 bridgehead atoms. The molecule has 3 aromatic rings. The van der Waals surface area contributed by atoms with Crippen LogP contribution in [0.4, 0.5) is 4.79 Å². The van der Waals surface area contributed by atoms with Crippen LogP contribution in [0.2, 0.25) is 0 Å². The van der Waals surface area contributed by atoms with Gasteiger partial charge in [0.15, 0.2) is 11.3 Å². The molecule has 0 aliphatic rings. The normalized spacial score (nSPS) is 11.1. The van der Waals surface area contributed by atoms with E-state index in [9.17, 15) is 9.90 Å². The van der Waals surface area contributed by atoms with E-state index in [0.29, 0.717) is 11.2 Å². The minimum absolute atomic E-state index is 0.107. The third-order valence-corrected chi connectivity index (χ3v) is 4.92. The quantitative estimate of drug-likeness (QED) is 0.542. The van der Waals surface area contributed by atoms with Gasteiger partial charge >= 0.3 is 5.30 Å². The van der Waals surface area contributed by atoms with Gasteiger partial charge in [-0.05, 0) is 22.9 Å². The fourth-order valence-electron chi connectivity index (χ4n) is 1.96. The number of phenolic OH excluding ortho intramolecular Hbond substituents is 1. The molecule has 1 heterocycles. The van der Waals surface area contributed by atoms with E-state index in [-0.39, 0.29) is 11.1 Å². The summed E-state index contributed by atoms with van der Waals surface area (Å²) < 4.78 is 10.3. The molecule has 20 heavy (non-hydrogen) atoms. The molecule has 0 saturated carbocycles. The maximum absolute atomic E-state index is 11.2. The highest BCUT2D eigenvalue weighted by Crippen LogP contribution is 2.41. The molecule has 4 nitrogen and oxygen atoms in total. The first-order chi connectivity index (χ1) is 9.70. The predicted molar refractivity (Wildman–Crippen MR) is 81.2 cm³/mol. The van der Waals surface area contributed by atoms with Gasteiger partial charge in [-0.15, -0.1) is 0 Å². The van der Waals surface area contributed by atoms with E-state index in [1.807, 2.05) is 24.3 Å². The van der Waals surface area contributed by atoms with Crippen molar-refractivity contribution in [1.82, 2.24) is 0 Å². The predicted octanol–water partition coefficient (Wildman–Crippen LogP) is 4.80. The zero-order chi connectivity index (χ0) is 14.1. The highest BCUT2D eigenvalue weighted by atomic mass is 33.1. The van der Waals surface area contributed by atoms with Crippen LogP contribution in [-0.4, -0.2) is 17.5 Å². The van der Waals surface area contributed by atoms with Crippen LogP contribution < -0.4 is 0 Å². The number of phenols is 1. The summed E-state index contributed by atoms with van der Waals surface area (Å²) in [6.07, 6.45) is 0. The Morgan fingerprint density at radius 2 is 1.85 bits per heavy atom. The number of para-hydroxylation sites is 2. The monoisotopic (exact) mass is 306 g/mol. The van der Waals surface area contributed by atoms with E-state index in [4.69, 9.17) is 4.42 Å². The number of rotatable bonds is 2. The maximum atomic E-state index is 11.2. The lowest BCUT2D eigenvalue weighted by Gasteiger charge is -1.99. The molecule has 0 radical (unpaired) electrons. The first-order valence-electron chi connectivity index (χ1n) is 5.76. The maximum Gasteiger partial charge on any atom is 0.378 e. The van der Waals surface area contributed by atoms with Gasteiger partial charge in [0.05, 0.1) is 12.0 Å². The Morgan fingerprint density at radius 1 is 1.15 bits per heavy atom. The summed E-state index contributed by atoms with van der Waals surface area (Å²) in [6.45, 7) is 0. The Labute approximate surface area is 122 Å². The second-order valence-corrected chi connectivity index (χ2v) is 6.12. The third-order valence-electron chi connectivity index (χ3n) is 2.83. The molecule has 1 N–H and O–H groups in total. The highest BCUT2D eigenvalue weighted by Gasteiger charge is 2.14. The molecule has 0 aliphatic carbocycles. The smallest absolute Gasteiger partial charge is 0.378 e. The average Bonchev–Trinajstić information content (AvgIpc) is 2.85. The Bertz CT molecular complexity index is 794. The van der Waals surface area contributed by atoms with E-state index in [1.54, 1.807) is 12.1 Å². The molecule has 0 amide bonds. The summed E-state index contributed by atoms with van der Waals surface area (Å²) in [5, 5.41) is 11.2. The Balaban J connectivity index is 2.12. The van der Waals surface area contributed by atoms with Crippen molar-refractivity contribution < 1.29 is 19.1 Å². The van der Waals surface area contributed by atoms with Crippen molar-refractivity contribution in [2.75, 3.05) is 7.11 Å². The van der Waals surface area contributed by atoms with Crippen LogP contribution in [0.25, 0.3) is 21.9 Å². The number of carbonyl (C=O) groups is 1. The van der Waals surface area contributed by atoms with Crippen molar-refractivity contribution in [2.24, 2.45) is 0 Å².